The van der Waals surface area contributed by atoms with Crippen LogP contribution in [0.3, 0.4) is 0 Å². The molecule has 0 aliphatic heterocycles. The lowest BCUT2D eigenvalue weighted by atomic mass is 10.0. The van der Waals surface area contributed by atoms with Gasteiger partial charge in [0.05, 0.1) is 17.5 Å². The second-order valence-corrected chi connectivity index (χ2v) is 4.29. The highest BCUT2D eigenvalue weighted by Crippen LogP contribution is 2.20. The number of halogens is 2. The highest BCUT2D eigenvalue weighted by atomic mass is 19.1. The molecule has 1 N–H and O–H groups in total. The average molecular weight is 252 g/mol. The third-order valence-corrected chi connectivity index (χ3v) is 2.81. The molecule has 1 heterocycles. The summed E-state index contributed by atoms with van der Waals surface area (Å²) in [4.78, 5) is 0. The van der Waals surface area contributed by atoms with Gasteiger partial charge >= 0.3 is 0 Å². The van der Waals surface area contributed by atoms with Gasteiger partial charge in [0.15, 0.2) is 0 Å². The Morgan fingerprint density at radius 2 is 2.06 bits per heavy atom. The van der Waals surface area contributed by atoms with Crippen molar-refractivity contribution in [1.82, 2.24) is 9.78 Å². The summed E-state index contributed by atoms with van der Waals surface area (Å²) >= 11 is 0. The van der Waals surface area contributed by atoms with Gasteiger partial charge in [0, 0.05) is 19.5 Å². The van der Waals surface area contributed by atoms with Crippen molar-refractivity contribution in [3.05, 3.63) is 52.9 Å². The van der Waals surface area contributed by atoms with Gasteiger partial charge in [-0.15, -0.1) is 0 Å². The lowest BCUT2D eigenvalue weighted by Crippen LogP contribution is -2.09. The minimum absolute atomic E-state index is 0.0884. The van der Waals surface area contributed by atoms with Gasteiger partial charge in [-0.2, -0.15) is 5.10 Å². The molecule has 0 saturated heterocycles. The molecule has 1 atom stereocenters. The Bertz CT molecular complexity index is 566. The van der Waals surface area contributed by atoms with Gasteiger partial charge in [0.1, 0.15) is 11.6 Å². The Hall–Kier alpha value is -1.75. The predicted octanol–water partition coefficient (Wildman–Crippen LogP) is 2.28. The molecule has 1 unspecified atom stereocenters. The number of aryl methyl sites for hydroxylation is 2. The maximum atomic E-state index is 13.5. The van der Waals surface area contributed by atoms with Gasteiger partial charge in [-0.05, 0) is 24.6 Å². The monoisotopic (exact) mass is 252 g/mol. The van der Waals surface area contributed by atoms with E-state index in [1.54, 1.807) is 17.8 Å². The molecular formula is C13H14F2N2O. The highest BCUT2D eigenvalue weighted by molar-refractivity contribution is 5.22. The van der Waals surface area contributed by atoms with Crippen molar-refractivity contribution in [3.63, 3.8) is 0 Å². The zero-order chi connectivity index (χ0) is 13.3. The molecule has 0 fully saturated rings. The minimum atomic E-state index is -0.865. The van der Waals surface area contributed by atoms with Gasteiger partial charge in [0.25, 0.3) is 0 Å². The smallest absolute Gasteiger partial charge is 0.129 e. The fourth-order valence-electron chi connectivity index (χ4n) is 1.94. The number of aliphatic hydroxyl groups is 1. The molecular weight excluding hydrogens is 238 g/mol. The Balaban J connectivity index is 2.21. The summed E-state index contributed by atoms with van der Waals surface area (Å²) < 4.78 is 27.8. The van der Waals surface area contributed by atoms with E-state index in [9.17, 15) is 13.9 Å². The molecule has 0 amide bonds. The fraction of sp³-hybridized carbons (Fsp3) is 0.308. The zero-order valence-electron chi connectivity index (χ0n) is 10.2. The van der Waals surface area contributed by atoms with Crippen LogP contribution in [0.15, 0.2) is 24.3 Å². The van der Waals surface area contributed by atoms with E-state index in [2.05, 4.69) is 5.10 Å². The number of nitrogens with zero attached hydrogens (tertiary/aromatic N) is 2. The number of aliphatic hydroxyl groups excluding tert-OH is 1. The Morgan fingerprint density at radius 1 is 1.33 bits per heavy atom. The SMILES string of the molecule is Cc1cc(C(O)Cc2ccc(F)cc2F)n(C)n1. The number of hydrogen-bond donors (Lipinski definition) is 1. The first-order chi connectivity index (χ1) is 8.47. The maximum absolute atomic E-state index is 13.5. The molecule has 0 aliphatic carbocycles. The maximum Gasteiger partial charge on any atom is 0.129 e. The van der Waals surface area contributed by atoms with Crippen molar-refractivity contribution in [3.8, 4) is 0 Å². The zero-order valence-corrected chi connectivity index (χ0v) is 10.2. The van der Waals surface area contributed by atoms with Crippen LogP contribution < -0.4 is 0 Å². The summed E-state index contributed by atoms with van der Waals surface area (Å²) in [6.45, 7) is 1.81. The van der Waals surface area contributed by atoms with Gasteiger partial charge in [-0.3, -0.25) is 4.68 Å². The van der Waals surface area contributed by atoms with E-state index in [4.69, 9.17) is 0 Å². The molecule has 1 aromatic carbocycles. The molecule has 0 bridgehead atoms. The summed E-state index contributed by atoms with van der Waals surface area (Å²) in [5.41, 5.74) is 1.67. The lowest BCUT2D eigenvalue weighted by molar-refractivity contribution is 0.167. The van der Waals surface area contributed by atoms with Crippen molar-refractivity contribution in [2.24, 2.45) is 7.05 Å². The van der Waals surface area contributed by atoms with E-state index in [1.807, 2.05) is 6.92 Å². The van der Waals surface area contributed by atoms with Crippen molar-refractivity contribution < 1.29 is 13.9 Å². The molecule has 1 aromatic heterocycles. The minimum Gasteiger partial charge on any atom is -0.386 e. The molecule has 0 spiro atoms. The van der Waals surface area contributed by atoms with Gasteiger partial charge in [0.2, 0.25) is 0 Å². The van der Waals surface area contributed by atoms with Gasteiger partial charge in [-0.25, -0.2) is 8.78 Å². The molecule has 0 aliphatic rings. The standard InChI is InChI=1S/C13H14F2N2O/c1-8-5-12(17(2)16-8)13(18)6-9-3-4-10(14)7-11(9)15/h3-5,7,13,18H,6H2,1-2H3. The topological polar surface area (TPSA) is 38.0 Å². The van der Waals surface area contributed by atoms with Crippen molar-refractivity contribution in [2.45, 2.75) is 19.4 Å². The molecule has 0 radical (unpaired) electrons. The lowest BCUT2D eigenvalue weighted by Gasteiger charge is -2.11. The summed E-state index contributed by atoms with van der Waals surface area (Å²) in [5.74, 6) is -1.27. The Kier molecular flexibility index (Phi) is 3.43. The first kappa shape index (κ1) is 12.7. The van der Waals surface area contributed by atoms with Gasteiger partial charge < -0.3 is 5.11 Å². The largest absolute Gasteiger partial charge is 0.386 e. The molecule has 0 saturated carbocycles. The molecule has 5 heteroatoms. The number of aromatic nitrogens is 2. The van der Waals surface area contributed by atoms with Crippen LogP contribution in [0, 0.1) is 18.6 Å². The van der Waals surface area contributed by atoms with E-state index < -0.39 is 17.7 Å². The van der Waals surface area contributed by atoms with Gasteiger partial charge in [-0.1, -0.05) is 6.07 Å². The molecule has 18 heavy (non-hydrogen) atoms. The number of rotatable bonds is 3. The molecule has 2 aromatic rings. The predicted molar refractivity (Wildman–Crippen MR) is 63.0 cm³/mol. The fourth-order valence-corrected chi connectivity index (χ4v) is 1.94. The van der Waals surface area contributed by atoms with Crippen molar-refractivity contribution in [2.75, 3.05) is 0 Å². The first-order valence-electron chi connectivity index (χ1n) is 5.60. The van der Waals surface area contributed by atoms with Crippen molar-refractivity contribution in [1.29, 1.82) is 0 Å². The van der Waals surface area contributed by atoms with E-state index in [-0.39, 0.29) is 12.0 Å². The molecule has 96 valence electrons. The summed E-state index contributed by atoms with van der Waals surface area (Å²) in [6.07, 6.45) is -0.776. The third-order valence-electron chi connectivity index (χ3n) is 2.81. The Morgan fingerprint density at radius 3 is 2.61 bits per heavy atom. The Labute approximate surface area is 104 Å². The van der Waals surface area contributed by atoms with Crippen LogP contribution in [-0.2, 0) is 13.5 Å². The molecule has 2 rings (SSSR count). The number of hydrogen-bond acceptors (Lipinski definition) is 2. The van der Waals surface area contributed by atoms with Crippen LogP contribution in [0.2, 0.25) is 0 Å². The van der Waals surface area contributed by atoms with Crippen LogP contribution >= 0.6 is 0 Å². The average Bonchev–Trinajstić information content (AvgIpc) is 2.62. The second-order valence-electron chi connectivity index (χ2n) is 4.29. The first-order valence-corrected chi connectivity index (χ1v) is 5.60. The van der Waals surface area contributed by atoms with Crippen molar-refractivity contribution >= 4 is 0 Å². The van der Waals surface area contributed by atoms with Crippen LogP contribution in [0.25, 0.3) is 0 Å². The normalized spacial score (nSPS) is 12.7. The van der Waals surface area contributed by atoms with Crippen LogP contribution in [0.4, 0.5) is 8.78 Å². The summed E-state index contributed by atoms with van der Waals surface area (Å²) in [6, 6.07) is 5.08. The second kappa shape index (κ2) is 4.86. The summed E-state index contributed by atoms with van der Waals surface area (Å²) in [5, 5.41) is 14.2. The highest BCUT2D eigenvalue weighted by Gasteiger charge is 2.16. The summed E-state index contributed by atoms with van der Waals surface area (Å²) in [7, 11) is 1.71. The van der Waals surface area contributed by atoms with E-state index in [0.717, 1.165) is 11.8 Å². The van der Waals surface area contributed by atoms with Crippen LogP contribution in [-0.4, -0.2) is 14.9 Å². The number of benzene rings is 1. The van der Waals surface area contributed by atoms with Crippen LogP contribution in [0.1, 0.15) is 23.1 Å². The third kappa shape index (κ3) is 2.56. The quantitative estimate of drug-likeness (QED) is 0.910. The van der Waals surface area contributed by atoms with E-state index in [1.165, 1.54) is 12.1 Å². The molecule has 3 nitrogen and oxygen atoms in total. The van der Waals surface area contributed by atoms with E-state index >= 15 is 0 Å². The van der Waals surface area contributed by atoms with E-state index in [0.29, 0.717) is 5.69 Å². The van der Waals surface area contributed by atoms with Crippen LogP contribution in [0.5, 0.6) is 0 Å².